The average Bonchev–Trinajstić information content (AvgIpc) is 2.97. The largest absolute Gasteiger partial charge is 0.353 e. The number of benzene rings is 1. The minimum Gasteiger partial charge on any atom is -0.353 e. The van der Waals surface area contributed by atoms with Gasteiger partial charge in [-0.3, -0.25) is 9.59 Å². The highest BCUT2D eigenvalue weighted by molar-refractivity contribution is 7.17. The van der Waals surface area contributed by atoms with Crippen molar-refractivity contribution in [2.45, 2.75) is 0 Å². The Hall–Kier alpha value is -2.21. The lowest BCUT2D eigenvalue weighted by Crippen LogP contribution is -2.49. The molecule has 2 aromatic rings. The molecule has 0 bridgehead atoms. The van der Waals surface area contributed by atoms with Crippen molar-refractivity contribution in [3.63, 3.8) is 0 Å². The lowest BCUT2D eigenvalue weighted by atomic mass is 10.2. The van der Waals surface area contributed by atoms with E-state index in [0.717, 1.165) is 10.4 Å². The van der Waals surface area contributed by atoms with E-state index in [-0.39, 0.29) is 24.2 Å². The number of piperazine rings is 1. The van der Waals surface area contributed by atoms with E-state index in [0.29, 0.717) is 18.0 Å². The molecule has 6 heteroatoms. The topological polar surface area (TPSA) is 49.4 Å². The fourth-order valence-electron chi connectivity index (χ4n) is 2.19. The van der Waals surface area contributed by atoms with Crippen LogP contribution in [0.5, 0.6) is 0 Å². The zero-order valence-corrected chi connectivity index (χ0v) is 12.0. The van der Waals surface area contributed by atoms with Crippen LogP contribution < -0.4 is 5.32 Å². The van der Waals surface area contributed by atoms with E-state index in [9.17, 15) is 14.0 Å². The van der Waals surface area contributed by atoms with Crippen molar-refractivity contribution in [3.8, 4) is 10.4 Å². The molecule has 2 heterocycles. The summed E-state index contributed by atoms with van der Waals surface area (Å²) in [5.74, 6) is -0.556. The normalized spacial score (nSPS) is 14.9. The summed E-state index contributed by atoms with van der Waals surface area (Å²) >= 11 is 1.35. The quantitative estimate of drug-likeness (QED) is 0.924. The van der Waals surface area contributed by atoms with Crippen molar-refractivity contribution >= 4 is 23.2 Å². The van der Waals surface area contributed by atoms with Crippen LogP contribution >= 0.6 is 11.3 Å². The minimum absolute atomic E-state index is 0.0998. The first-order chi connectivity index (χ1) is 10.1. The molecule has 0 spiro atoms. The smallest absolute Gasteiger partial charge is 0.264 e. The van der Waals surface area contributed by atoms with Crippen LogP contribution in [-0.2, 0) is 4.79 Å². The highest BCUT2D eigenvalue weighted by atomic mass is 32.1. The van der Waals surface area contributed by atoms with Gasteiger partial charge in [0.05, 0.1) is 11.4 Å². The summed E-state index contributed by atoms with van der Waals surface area (Å²) in [4.78, 5) is 26.7. The molecule has 21 heavy (non-hydrogen) atoms. The van der Waals surface area contributed by atoms with Gasteiger partial charge in [-0.2, -0.15) is 0 Å². The monoisotopic (exact) mass is 304 g/mol. The van der Waals surface area contributed by atoms with Gasteiger partial charge in [0.2, 0.25) is 5.91 Å². The first kappa shape index (κ1) is 13.8. The first-order valence-electron chi connectivity index (χ1n) is 6.55. The number of hydrogen-bond donors (Lipinski definition) is 1. The van der Waals surface area contributed by atoms with Crippen molar-refractivity contribution in [2.75, 3.05) is 19.6 Å². The number of nitrogens with zero attached hydrogens (tertiary/aromatic N) is 1. The van der Waals surface area contributed by atoms with Crippen LogP contribution in [-0.4, -0.2) is 36.3 Å². The lowest BCUT2D eigenvalue weighted by molar-refractivity contribution is -0.123. The van der Waals surface area contributed by atoms with Gasteiger partial charge in [-0.15, -0.1) is 11.3 Å². The number of carbonyl (C=O) groups is 2. The SMILES string of the molecule is O=C1CN(C(=O)c2ccc(-c3ccc(F)cc3)s2)CCN1. The molecule has 0 radical (unpaired) electrons. The average molecular weight is 304 g/mol. The number of carbonyl (C=O) groups excluding carboxylic acids is 2. The lowest BCUT2D eigenvalue weighted by Gasteiger charge is -2.26. The van der Waals surface area contributed by atoms with Crippen molar-refractivity contribution < 1.29 is 14.0 Å². The molecule has 1 aliphatic heterocycles. The fraction of sp³-hybridized carbons (Fsp3) is 0.200. The fourth-order valence-corrected chi connectivity index (χ4v) is 3.17. The Kier molecular flexibility index (Phi) is 3.70. The van der Waals surface area contributed by atoms with Gasteiger partial charge in [0.15, 0.2) is 0 Å². The molecule has 0 unspecified atom stereocenters. The Labute approximate surface area is 125 Å². The van der Waals surface area contributed by atoms with Gasteiger partial charge in [-0.1, -0.05) is 12.1 Å². The minimum atomic E-state index is -0.286. The molecule has 4 nitrogen and oxygen atoms in total. The van der Waals surface area contributed by atoms with Gasteiger partial charge < -0.3 is 10.2 Å². The molecule has 1 saturated heterocycles. The molecule has 1 fully saturated rings. The zero-order valence-electron chi connectivity index (χ0n) is 11.1. The van der Waals surface area contributed by atoms with Gasteiger partial charge in [-0.25, -0.2) is 4.39 Å². The Morgan fingerprint density at radius 2 is 1.95 bits per heavy atom. The summed E-state index contributed by atoms with van der Waals surface area (Å²) in [5.41, 5.74) is 0.872. The molecule has 1 aromatic carbocycles. The highest BCUT2D eigenvalue weighted by Gasteiger charge is 2.23. The van der Waals surface area contributed by atoms with Crippen LogP contribution in [0.1, 0.15) is 9.67 Å². The summed E-state index contributed by atoms with van der Waals surface area (Å²) < 4.78 is 12.9. The Balaban J connectivity index is 1.79. The molecular weight excluding hydrogens is 291 g/mol. The van der Waals surface area contributed by atoms with E-state index >= 15 is 0 Å². The number of amides is 2. The van der Waals surface area contributed by atoms with E-state index in [1.54, 1.807) is 23.1 Å². The maximum Gasteiger partial charge on any atom is 0.264 e. The van der Waals surface area contributed by atoms with Crippen molar-refractivity contribution in [2.24, 2.45) is 0 Å². The van der Waals surface area contributed by atoms with Gasteiger partial charge in [0.1, 0.15) is 5.82 Å². The summed E-state index contributed by atoms with van der Waals surface area (Å²) in [5, 5.41) is 2.69. The third-order valence-electron chi connectivity index (χ3n) is 3.27. The van der Waals surface area contributed by atoms with E-state index in [4.69, 9.17) is 0 Å². The predicted octanol–water partition coefficient (Wildman–Crippen LogP) is 2.13. The second-order valence-corrected chi connectivity index (χ2v) is 5.83. The van der Waals surface area contributed by atoms with Gasteiger partial charge in [0.25, 0.3) is 5.91 Å². The van der Waals surface area contributed by atoms with Gasteiger partial charge in [0, 0.05) is 18.0 Å². The van der Waals surface area contributed by atoms with Crippen LogP contribution in [0.15, 0.2) is 36.4 Å². The van der Waals surface area contributed by atoms with Crippen LogP contribution in [0.2, 0.25) is 0 Å². The molecule has 0 saturated carbocycles. The Bertz CT molecular complexity index is 681. The van der Waals surface area contributed by atoms with Crippen molar-refractivity contribution in [3.05, 3.63) is 47.1 Å². The second kappa shape index (κ2) is 5.65. The number of hydrogen-bond acceptors (Lipinski definition) is 3. The molecule has 0 atom stereocenters. The van der Waals surface area contributed by atoms with Crippen LogP contribution in [0, 0.1) is 5.82 Å². The Morgan fingerprint density at radius 3 is 2.67 bits per heavy atom. The molecule has 1 aliphatic rings. The second-order valence-electron chi connectivity index (χ2n) is 4.75. The summed E-state index contributed by atoms with van der Waals surface area (Å²) in [6.07, 6.45) is 0. The van der Waals surface area contributed by atoms with Gasteiger partial charge >= 0.3 is 0 Å². The molecule has 0 aliphatic carbocycles. The molecular formula is C15H13FN2O2S. The Morgan fingerprint density at radius 1 is 1.19 bits per heavy atom. The molecule has 1 aromatic heterocycles. The van der Waals surface area contributed by atoms with E-state index in [1.807, 2.05) is 6.07 Å². The number of thiophene rings is 1. The first-order valence-corrected chi connectivity index (χ1v) is 7.37. The van der Waals surface area contributed by atoms with Crippen LogP contribution in [0.25, 0.3) is 10.4 Å². The third kappa shape index (κ3) is 2.95. The van der Waals surface area contributed by atoms with Crippen LogP contribution in [0.3, 0.4) is 0 Å². The summed E-state index contributed by atoms with van der Waals surface area (Å²) in [6, 6.07) is 9.75. The highest BCUT2D eigenvalue weighted by Crippen LogP contribution is 2.29. The number of halogens is 1. The van der Waals surface area contributed by atoms with Crippen LogP contribution in [0.4, 0.5) is 4.39 Å². The summed E-state index contributed by atoms with van der Waals surface area (Å²) in [6.45, 7) is 1.11. The third-order valence-corrected chi connectivity index (χ3v) is 4.39. The molecule has 108 valence electrons. The maximum absolute atomic E-state index is 12.9. The van der Waals surface area contributed by atoms with E-state index < -0.39 is 0 Å². The van der Waals surface area contributed by atoms with Crippen molar-refractivity contribution in [1.82, 2.24) is 10.2 Å². The predicted molar refractivity (Wildman–Crippen MR) is 78.6 cm³/mol. The molecule has 3 rings (SSSR count). The molecule has 1 N–H and O–H groups in total. The molecule has 2 amide bonds. The summed E-state index contributed by atoms with van der Waals surface area (Å²) in [7, 11) is 0. The van der Waals surface area contributed by atoms with E-state index in [1.165, 1.54) is 23.5 Å². The number of nitrogens with one attached hydrogen (secondary N) is 1. The maximum atomic E-state index is 12.9. The number of rotatable bonds is 2. The van der Waals surface area contributed by atoms with Gasteiger partial charge in [-0.05, 0) is 29.8 Å². The van der Waals surface area contributed by atoms with Crippen molar-refractivity contribution in [1.29, 1.82) is 0 Å². The zero-order chi connectivity index (χ0) is 14.8. The van der Waals surface area contributed by atoms with E-state index in [2.05, 4.69) is 5.32 Å². The standard InChI is InChI=1S/C15H13FN2O2S/c16-11-3-1-10(2-4-11)12-5-6-13(21-12)15(20)18-8-7-17-14(19)9-18/h1-6H,7-9H2,(H,17,19).